The van der Waals surface area contributed by atoms with E-state index in [1.54, 1.807) is 0 Å². The van der Waals surface area contributed by atoms with Crippen LogP contribution in [0.3, 0.4) is 0 Å². The van der Waals surface area contributed by atoms with Crippen LogP contribution in [0.15, 0.2) is 65.6 Å². The van der Waals surface area contributed by atoms with Gasteiger partial charge in [-0.25, -0.2) is 0 Å². The summed E-state index contributed by atoms with van der Waals surface area (Å²) in [6, 6.07) is 21.0. The Morgan fingerprint density at radius 2 is 1.64 bits per heavy atom. The summed E-state index contributed by atoms with van der Waals surface area (Å²) in [6.07, 6.45) is 1.20. The minimum atomic E-state index is 0.432. The summed E-state index contributed by atoms with van der Waals surface area (Å²) < 4.78 is 0. The van der Waals surface area contributed by atoms with Crippen LogP contribution in [0.25, 0.3) is 10.8 Å². The van der Waals surface area contributed by atoms with Crippen molar-refractivity contribution in [3.63, 3.8) is 0 Å². The first-order chi connectivity index (χ1) is 13.8. The van der Waals surface area contributed by atoms with E-state index in [0.29, 0.717) is 5.75 Å². The summed E-state index contributed by atoms with van der Waals surface area (Å²) >= 11 is 1.96. The van der Waals surface area contributed by atoms with E-state index >= 15 is 0 Å². The number of rotatable bonds is 6. The highest BCUT2D eigenvalue weighted by Crippen LogP contribution is 2.32. The average Bonchev–Trinajstić information content (AvgIpc) is 2.75. The maximum absolute atomic E-state index is 10.7. The first-order valence-electron chi connectivity index (χ1n) is 10.1. The predicted octanol–water partition coefficient (Wildman–Crippen LogP) is 5.37. The highest BCUT2D eigenvalue weighted by atomic mass is 32.2. The first-order valence-corrected chi connectivity index (χ1v) is 11.1. The molecule has 1 N–H and O–H groups in total. The Labute approximate surface area is 172 Å². The number of benzene rings is 3. The lowest BCUT2D eigenvalue weighted by Crippen LogP contribution is -2.46. The molecule has 1 aliphatic heterocycles. The second-order valence-electron chi connectivity index (χ2n) is 7.37. The van der Waals surface area contributed by atoms with Crippen LogP contribution in [0.2, 0.25) is 0 Å². The second kappa shape index (κ2) is 8.89. The Kier molecular flexibility index (Phi) is 6.08. The predicted molar refractivity (Wildman–Crippen MR) is 121 cm³/mol. The van der Waals surface area contributed by atoms with Gasteiger partial charge < -0.3 is 10.0 Å². The Hall–Kier alpha value is -2.17. The van der Waals surface area contributed by atoms with E-state index in [0.717, 1.165) is 54.8 Å². The molecule has 3 nitrogen and oxygen atoms in total. The molecule has 0 amide bonds. The third-order valence-corrected chi connectivity index (χ3v) is 6.69. The number of hydrogen-bond acceptors (Lipinski definition) is 4. The van der Waals surface area contributed by atoms with Crippen molar-refractivity contribution in [2.45, 2.75) is 24.8 Å². The van der Waals surface area contributed by atoms with Crippen molar-refractivity contribution < 1.29 is 5.11 Å². The van der Waals surface area contributed by atoms with Crippen molar-refractivity contribution in [1.82, 2.24) is 4.90 Å². The highest BCUT2D eigenvalue weighted by molar-refractivity contribution is 7.99. The number of hydrogen-bond donors (Lipinski definition) is 1. The second-order valence-corrected chi connectivity index (χ2v) is 8.51. The van der Waals surface area contributed by atoms with Crippen LogP contribution in [0, 0.1) is 0 Å². The van der Waals surface area contributed by atoms with Crippen LogP contribution in [0.4, 0.5) is 5.69 Å². The molecule has 146 valence electrons. The summed E-state index contributed by atoms with van der Waals surface area (Å²) in [4.78, 5) is 6.35. The minimum absolute atomic E-state index is 0.432. The molecule has 0 radical (unpaired) electrons. The van der Waals surface area contributed by atoms with Crippen molar-refractivity contribution in [3.8, 4) is 5.75 Å². The SMILES string of the molecule is CCCSc1ccccc1N1CCN(Cc2ccc3ccccc3c2O)CC1. The van der Waals surface area contributed by atoms with Gasteiger partial charge in [-0.2, -0.15) is 0 Å². The standard InChI is InChI=1S/C24H28N2OS/c1-2-17-28-23-10-6-5-9-22(23)26-15-13-25(14-16-26)18-20-12-11-19-7-3-4-8-21(19)24(20)27/h3-12,27H,2,13-18H2,1H3. The van der Waals surface area contributed by atoms with Gasteiger partial charge in [0.15, 0.2) is 0 Å². The molecule has 0 saturated carbocycles. The third-order valence-electron chi connectivity index (χ3n) is 5.42. The summed E-state index contributed by atoms with van der Waals surface area (Å²) in [5.41, 5.74) is 2.39. The summed E-state index contributed by atoms with van der Waals surface area (Å²) in [6.45, 7) is 7.11. The van der Waals surface area contributed by atoms with Crippen LogP contribution in [-0.4, -0.2) is 41.9 Å². The number of para-hydroxylation sites is 1. The van der Waals surface area contributed by atoms with E-state index in [2.05, 4.69) is 53.1 Å². The fraction of sp³-hybridized carbons (Fsp3) is 0.333. The van der Waals surface area contributed by atoms with Gasteiger partial charge in [0.2, 0.25) is 0 Å². The highest BCUT2D eigenvalue weighted by Gasteiger charge is 2.20. The van der Waals surface area contributed by atoms with Crippen molar-refractivity contribution in [2.75, 3.05) is 36.8 Å². The van der Waals surface area contributed by atoms with Gasteiger partial charge in [-0.05, 0) is 29.7 Å². The van der Waals surface area contributed by atoms with E-state index in [1.165, 1.54) is 17.0 Å². The Balaban J connectivity index is 1.42. The Morgan fingerprint density at radius 1 is 0.893 bits per heavy atom. The number of phenols is 1. The zero-order valence-corrected chi connectivity index (χ0v) is 17.3. The van der Waals surface area contributed by atoms with Gasteiger partial charge in [0.25, 0.3) is 0 Å². The molecule has 1 saturated heterocycles. The average molecular weight is 393 g/mol. The third kappa shape index (κ3) is 4.13. The summed E-state index contributed by atoms with van der Waals surface area (Å²) in [5, 5.41) is 12.7. The van der Waals surface area contributed by atoms with Crippen molar-refractivity contribution in [1.29, 1.82) is 0 Å². The lowest BCUT2D eigenvalue weighted by atomic mass is 10.0. The largest absolute Gasteiger partial charge is 0.507 e. The number of phenolic OH excluding ortho intramolecular Hbond substituents is 1. The quantitative estimate of drug-likeness (QED) is 0.571. The smallest absolute Gasteiger partial charge is 0.127 e. The van der Waals surface area contributed by atoms with Crippen LogP contribution >= 0.6 is 11.8 Å². The monoisotopic (exact) mass is 392 g/mol. The van der Waals surface area contributed by atoms with Crippen molar-refractivity contribution in [3.05, 3.63) is 66.2 Å². The molecule has 4 rings (SSSR count). The fourth-order valence-corrected chi connectivity index (χ4v) is 4.81. The number of piperazine rings is 1. The summed E-state index contributed by atoms with van der Waals surface area (Å²) in [7, 11) is 0. The zero-order valence-electron chi connectivity index (χ0n) is 16.5. The maximum Gasteiger partial charge on any atom is 0.127 e. The molecule has 3 aromatic carbocycles. The van der Waals surface area contributed by atoms with E-state index in [-0.39, 0.29) is 0 Å². The number of anilines is 1. The van der Waals surface area contributed by atoms with Gasteiger partial charge in [-0.1, -0.05) is 55.5 Å². The maximum atomic E-state index is 10.7. The van der Waals surface area contributed by atoms with Gasteiger partial charge in [0.05, 0.1) is 5.69 Å². The molecule has 1 heterocycles. The van der Waals surface area contributed by atoms with E-state index in [9.17, 15) is 5.11 Å². The van der Waals surface area contributed by atoms with Crippen LogP contribution < -0.4 is 4.90 Å². The van der Waals surface area contributed by atoms with Crippen molar-refractivity contribution in [2.24, 2.45) is 0 Å². The van der Waals surface area contributed by atoms with Gasteiger partial charge in [0, 0.05) is 48.6 Å². The number of nitrogens with zero attached hydrogens (tertiary/aromatic N) is 2. The lowest BCUT2D eigenvalue weighted by molar-refractivity contribution is 0.246. The normalized spacial score (nSPS) is 15.2. The molecule has 1 fully saturated rings. The molecule has 4 heteroatoms. The number of thioether (sulfide) groups is 1. The Morgan fingerprint density at radius 3 is 2.46 bits per heavy atom. The topological polar surface area (TPSA) is 26.7 Å². The molecule has 1 aliphatic rings. The molecule has 28 heavy (non-hydrogen) atoms. The molecule has 0 unspecified atom stereocenters. The molecule has 3 aromatic rings. The van der Waals surface area contributed by atoms with Gasteiger partial charge in [0.1, 0.15) is 5.75 Å². The summed E-state index contributed by atoms with van der Waals surface area (Å²) in [5.74, 6) is 1.60. The first kappa shape index (κ1) is 19.2. The van der Waals surface area contributed by atoms with Crippen LogP contribution in [-0.2, 0) is 6.54 Å². The fourth-order valence-electron chi connectivity index (χ4n) is 3.87. The minimum Gasteiger partial charge on any atom is -0.507 e. The van der Waals surface area contributed by atoms with Crippen molar-refractivity contribution >= 4 is 28.2 Å². The van der Waals surface area contributed by atoms with E-state index in [1.807, 2.05) is 36.0 Å². The molecule has 0 spiro atoms. The molecule has 0 atom stereocenters. The van der Waals surface area contributed by atoms with Crippen LogP contribution in [0.5, 0.6) is 5.75 Å². The van der Waals surface area contributed by atoms with E-state index < -0.39 is 0 Å². The van der Waals surface area contributed by atoms with Gasteiger partial charge in [-0.3, -0.25) is 4.90 Å². The van der Waals surface area contributed by atoms with E-state index in [4.69, 9.17) is 0 Å². The van der Waals surface area contributed by atoms with Crippen LogP contribution in [0.1, 0.15) is 18.9 Å². The lowest BCUT2D eigenvalue weighted by Gasteiger charge is -2.37. The zero-order chi connectivity index (χ0) is 19.3. The molecule has 0 bridgehead atoms. The molecular weight excluding hydrogens is 364 g/mol. The molecular formula is C24H28N2OS. The number of fused-ring (bicyclic) bond motifs is 1. The Bertz CT molecular complexity index is 935. The number of aromatic hydroxyl groups is 1. The van der Waals surface area contributed by atoms with Gasteiger partial charge in [-0.15, -0.1) is 11.8 Å². The molecule has 0 aromatic heterocycles. The van der Waals surface area contributed by atoms with Gasteiger partial charge >= 0.3 is 0 Å². The molecule has 0 aliphatic carbocycles.